The van der Waals surface area contributed by atoms with Crippen molar-refractivity contribution < 1.29 is 0 Å². The van der Waals surface area contributed by atoms with E-state index in [1.54, 1.807) is 25.4 Å². The van der Waals surface area contributed by atoms with Gasteiger partial charge in [0, 0.05) is 20.3 Å². The summed E-state index contributed by atoms with van der Waals surface area (Å²) in [5, 5.41) is 0. The fourth-order valence-electron chi connectivity index (χ4n) is 2.06. The normalized spacial score (nSPS) is 11.4. The Kier molecular flexibility index (Phi) is 3.38. The Hall–Kier alpha value is -3.09. The van der Waals surface area contributed by atoms with Crippen molar-refractivity contribution in [2.75, 3.05) is 0 Å². The standard InChI is InChI=1S/C15H13N5O2/c1-19-13-12(14(21)20(2)15(19)22)17-9-11(18-13)7-6-10-5-3-4-8-16-10/h3-9H,1-2H3. The fourth-order valence-corrected chi connectivity index (χ4v) is 2.06. The van der Waals surface area contributed by atoms with Crippen LogP contribution in [-0.2, 0) is 14.1 Å². The summed E-state index contributed by atoms with van der Waals surface area (Å²) in [6.07, 6.45) is 6.71. The molecule has 22 heavy (non-hydrogen) atoms. The summed E-state index contributed by atoms with van der Waals surface area (Å²) in [6, 6.07) is 5.57. The van der Waals surface area contributed by atoms with Crippen LogP contribution < -0.4 is 11.2 Å². The minimum atomic E-state index is -0.453. The van der Waals surface area contributed by atoms with Crippen molar-refractivity contribution in [3.05, 3.63) is 62.8 Å². The van der Waals surface area contributed by atoms with Crippen LogP contribution in [0.25, 0.3) is 23.3 Å². The van der Waals surface area contributed by atoms with Crippen LogP contribution in [0.5, 0.6) is 0 Å². The predicted molar refractivity (Wildman–Crippen MR) is 83.2 cm³/mol. The quantitative estimate of drug-likeness (QED) is 0.691. The Labute approximate surface area is 125 Å². The molecule has 0 amide bonds. The molecule has 110 valence electrons. The van der Waals surface area contributed by atoms with Crippen LogP contribution in [0.15, 0.2) is 40.2 Å². The third-order valence-electron chi connectivity index (χ3n) is 3.28. The van der Waals surface area contributed by atoms with E-state index < -0.39 is 11.2 Å². The number of nitrogens with zero attached hydrogens (tertiary/aromatic N) is 5. The topological polar surface area (TPSA) is 82.7 Å². The van der Waals surface area contributed by atoms with Crippen LogP contribution >= 0.6 is 0 Å². The minimum absolute atomic E-state index is 0.166. The molecule has 0 bridgehead atoms. The Balaban J connectivity index is 2.13. The van der Waals surface area contributed by atoms with Crippen molar-refractivity contribution in [1.29, 1.82) is 0 Å². The number of aryl methyl sites for hydroxylation is 1. The Morgan fingerprint density at radius 1 is 1.00 bits per heavy atom. The zero-order valence-electron chi connectivity index (χ0n) is 12.1. The first kappa shape index (κ1) is 13.9. The SMILES string of the molecule is Cn1c(=O)c2ncc(C=Cc3ccccn3)nc2n(C)c1=O. The molecule has 0 fully saturated rings. The highest BCUT2D eigenvalue weighted by molar-refractivity contribution is 5.72. The first-order chi connectivity index (χ1) is 10.6. The van der Waals surface area contributed by atoms with Crippen LogP contribution in [0.4, 0.5) is 0 Å². The van der Waals surface area contributed by atoms with Gasteiger partial charge in [-0.15, -0.1) is 0 Å². The maximum atomic E-state index is 12.0. The number of hydrogen-bond donors (Lipinski definition) is 0. The first-order valence-corrected chi connectivity index (χ1v) is 6.60. The highest BCUT2D eigenvalue weighted by Crippen LogP contribution is 2.06. The van der Waals surface area contributed by atoms with Gasteiger partial charge in [-0.1, -0.05) is 6.07 Å². The monoisotopic (exact) mass is 295 g/mol. The molecule has 0 saturated heterocycles. The smallest absolute Gasteiger partial charge is 0.279 e. The molecule has 3 aromatic heterocycles. The van der Waals surface area contributed by atoms with E-state index in [2.05, 4.69) is 15.0 Å². The fraction of sp³-hybridized carbons (Fsp3) is 0.133. The van der Waals surface area contributed by atoms with Gasteiger partial charge in [-0.2, -0.15) is 0 Å². The highest BCUT2D eigenvalue weighted by atomic mass is 16.2. The van der Waals surface area contributed by atoms with Crippen molar-refractivity contribution in [1.82, 2.24) is 24.1 Å². The first-order valence-electron chi connectivity index (χ1n) is 6.60. The zero-order valence-corrected chi connectivity index (χ0v) is 12.1. The molecule has 0 aliphatic rings. The lowest BCUT2D eigenvalue weighted by atomic mass is 10.3. The Morgan fingerprint density at radius 3 is 2.50 bits per heavy atom. The molecule has 3 heterocycles. The van der Waals surface area contributed by atoms with Crippen LogP contribution in [0.1, 0.15) is 11.4 Å². The number of rotatable bonds is 2. The van der Waals surface area contributed by atoms with Gasteiger partial charge in [-0.3, -0.25) is 18.9 Å². The summed E-state index contributed by atoms with van der Waals surface area (Å²) in [5.41, 5.74) is 0.864. The summed E-state index contributed by atoms with van der Waals surface area (Å²) < 4.78 is 2.32. The van der Waals surface area contributed by atoms with Crippen LogP contribution in [0, 0.1) is 0 Å². The Morgan fingerprint density at radius 2 is 1.77 bits per heavy atom. The molecule has 0 radical (unpaired) electrons. The maximum absolute atomic E-state index is 12.0. The largest absolute Gasteiger partial charge is 0.332 e. The number of fused-ring (bicyclic) bond motifs is 1. The van der Waals surface area contributed by atoms with Crippen molar-refractivity contribution in [2.45, 2.75) is 0 Å². The molecular weight excluding hydrogens is 282 g/mol. The Bertz CT molecular complexity index is 986. The molecule has 0 atom stereocenters. The molecule has 0 unspecified atom stereocenters. The van der Waals surface area contributed by atoms with E-state index in [-0.39, 0.29) is 11.2 Å². The van der Waals surface area contributed by atoms with Gasteiger partial charge < -0.3 is 0 Å². The van der Waals surface area contributed by atoms with Gasteiger partial charge in [0.05, 0.1) is 17.6 Å². The molecule has 0 saturated carbocycles. The molecule has 3 rings (SSSR count). The second-order valence-corrected chi connectivity index (χ2v) is 4.76. The van der Waals surface area contributed by atoms with Gasteiger partial charge in [0.2, 0.25) is 0 Å². The second kappa shape index (κ2) is 5.36. The van der Waals surface area contributed by atoms with Crippen LogP contribution in [-0.4, -0.2) is 24.1 Å². The molecule has 7 nitrogen and oxygen atoms in total. The summed E-state index contributed by atoms with van der Waals surface area (Å²) in [5.74, 6) is 0. The van der Waals surface area contributed by atoms with Crippen molar-refractivity contribution >= 4 is 23.3 Å². The molecule has 0 aromatic carbocycles. The van der Waals surface area contributed by atoms with Gasteiger partial charge in [-0.05, 0) is 24.3 Å². The summed E-state index contributed by atoms with van der Waals surface area (Å²) in [7, 11) is 2.98. The summed E-state index contributed by atoms with van der Waals surface area (Å²) in [6.45, 7) is 0. The van der Waals surface area contributed by atoms with E-state index in [4.69, 9.17) is 0 Å². The predicted octanol–water partition coefficient (Wildman–Crippen LogP) is 0.593. The van der Waals surface area contributed by atoms with Gasteiger partial charge in [0.15, 0.2) is 11.2 Å². The van der Waals surface area contributed by atoms with Gasteiger partial charge >= 0.3 is 5.69 Å². The van der Waals surface area contributed by atoms with Crippen LogP contribution in [0.2, 0.25) is 0 Å². The second-order valence-electron chi connectivity index (χ2n) is 4.76. The summed E-state index contributed by atoms with van der Waals surface area (Å²) in [4.78, 5) is 36.6. The van der Waals surface area contributed by atoms with Gasteiger partial charge in [0.1, 0.15) is 0 Å². The van der Waals surface area contributed by atoms with E-state index in [9.17, 15) is 9.59 Å². The highest BCUT2D eigenvalue weighted by Gasteiger charge is 2.10. The zero-order chi connectivity index (χ0) is 15.7. The number of pyridine rings is 1. The molecule has 0 aliphatic heterocycles. The maximum Gasteiger partial charge on any atom is 0.332 e. The average molecular weight is 295 g/mol. The average Bonchev–Trinajstić information content (AvgIpc) is 2.57. The van der Waals surface area contributed by atoms with Gasteiger partial charge in [0.25, 0.3) is 5.56 Å². The van der Waals surface area contributed by atoms with E-state index in [1.807, 2.05) is 18.2 Å². The van der Waals surface area contributed by atoms with Crippen molar-refractivity contribution in [2.24, 2.45) is 14.1 Å². The third-order valence-corrected chi connectivity index (χ3v) is 3.28. The third kappa shape index (κ3) is 2.32. The lowest BCUT2D eigenvalue weighted by Crippen LogP contribution is -2.37. The number of aromatic nitrogens is 5. The summed E-state index contributed by atoms with van der Waals surface area (Å²) >= 11 is 0. The van der Waals surface area contributed by atoms with E-state index in [1.165, 1.54) is 17.8 Å². The molecule has 0 N–H and O–H groups in total. The van der Waals surface area contributed by atoms with E-state index >= 15 is 0 Å². The van der Waals surface area contributed by atoms with Gasteiger partial charge in [-0.25, -0.2) is 14.8 Å². The van der Waals surface area contributed by atoms with Crippen molar-refractivity contribution in [3.63, 3.8) is 0 Å². The molecule has 0 aliphatic carbocycles. The van der Waals surface area contributed by atoms with E-state index in [0.717, 1.165) is 10.3 Å². The number of hydrogen-bond acceptors (Lipinski definition) is 5. The molecule has 3 aromatic rings. The lowest BCUT2D eigenvalue weighted by Gasteiger charge is -2.06. The van der Waals surface area contributed by atoms with Crippen molar-refractivity contribution in [3.8, 4) is 0 Å². The molecular formula is C15H13N5O2. The lowest BCUT2D eigenvalue weighted by molar-refractivity contribution is 0.704. The van der Waals surface area contributed by atoms with E-state index in [0.29, 0.717) is 5.69 Å². The van der Waals surface area contributed by atoms with Crippen LogP contribution in [0.3, 0.4) is 0 Å². The molecule has 7 heteroatoms. The minimum Gasteiger partial charge on any atom is -0.279 e. The molecule has 0 spiro atoms.